The number of aromatic nitrogens is 1. The lowest BCUT2D eigenvalue weighted by Gasteiger charge is -2.35. The quantitative estimate of drug-likeness (QED) is 0.702. The minimum Gasteiger partial charge on any atom is -0.369 e. The van der Waals surface area contributed by atoms with Gasteiger partial charge in [-0.3, -0.25) is 9.88 Å². The third-order valence-corrected chi connectivity index (χ3v) is 2.71. The molecule has 0 unspecified atom stereocenters. The molecule has 0 saturated carbocycles. The van der Waals surface area contributed by atoms with Crippen molar-refractivity contribution in [2.24, 2.45) is 0 Å². The molecule has 0 N–H and O–H groups in total. The van der Waals surface area contributed by atoms with Gasteiger partial charge in [0.25, 0.3) is 0 Å². The summed E-state index contributed by atoms with van der Waals surface area (Å²) >= 11 is 0. The van der Waals surface area contributed by atoms with Gasteiger partial charge in [0.05, 0.1) is 0 Å². The van der Waals surface area contributed by atoms with E-state index in [0.717, 1.165) is 26.2 Å². The van der Waals surface area contributed by atoms with Crippen LogP contribution in [-0.2, 0) is 0 Å². The van der Waals surface area contributed by atoms with Gasteiger partial charge in [-0.1, -0.05) is 0 Å². The van der Waals surface area contributed by atoms with E-state index < -0.39 is 0 Å². The Bertz CT molecular complexity index is 265. The Labute approximate surface area is 85.4 Å². The molecule has 0 aromatic carbocycles. The summed E-state index contributed by atoms with van der Waals surface area (Å²) in [6.45, 7) is 8.73. The molecule has 0 bridgehead atoms. The number of nitrogens with zero attached hydrogens (tertiary/aromatic N) is 3. The van der Waals surface area contributed by atoms with E-state index in [2.05, 4.69) is 40.4 Å². The fraction of sp³-hybridized carbons (Fsp3) is 0.455. The van der Waals surface area contributed by atoms with E-state index >= 15 is 0 Å². The molecule has 1 radical (unpaired) electrons. The van der Waals surface area contributed by atoms with Gasteiger partial charge < -0.3 is 4.90 Å². The van der Waals surface area contributed by atoms with Crippen molar-refractivity contribution < 1.29 is 0 Å². The predicted molar refractivity (Wildman–Crippen MR) is 58.0 cm³/mol. The molecule has 2 rings (SSSR count). The Morgan fingerprint density at radius 3 is 2.36 bits per heavy atom. The number of anilines is 1. The Hall–Kier alpha value is -1.09. The van der Waals surface area contributed by atoms with Crippen molar-refractivity contribution in [3.63, 3.8) is 0 Å². The zero-order valence-electron chi connectivity index (χ0n) is 8.56. The van der Waals surface area contributed by atoms with Crippen LogP contribution in [0.25, 0.3) is 0 Å². The van der Waals surface area contributed by atoms with Crippen molar-refractivity contribution >= 4 is 5.69 Å². The third kappa shape index (κ3) is 2.04. The highest BCUT2D eigenvalue weighted by Gasteiger charge is 2.15. The van der Waals surface area contributed by atoms with Crippen molar-refractivity contribution in [3.8, 4) is 0 Å². The molecule has 1 aliphatic heterocycles. The fourth-order valence-electron chi connectivity index (χ4n) is 1.79. The topological polar surface area (TPSA) is 19.4 Å². The van der Waals surface area contributed by atoms with Crippen LogP contribution in [0.15, 0.2) is 24.5 Å². The van der Waals surface area contributed by atoms with E-state index in [9.17, 15) is 0 Å². The average Bonchev–Trinajstić information content (AvgIpc) is 2.30. The van der Waals surface area contributed by atoms with Crippen LogP contribution in [0.2, 0.25) is 0 Å². The Morgan fingerprint density at radius 1 is 1.14 bits per heavy atom. The summed E-state index contributed by atoms with van der Waals surface area (Å²) in [7, 11) is 0. The maximum atomic E-state index is 4.03. The molecular formula is C11H16N3. The smallest absolute Gasteiger partial charge is 0.0397 e. The minimum absolute atomic E-state index is 1.11. The van der Waals surface area contributed by atoms with Gasteiger partial charge in [0.15, 0.2) is 0 Å². The molecule has 0 atom stereocenters. The minimum atomic E-state index is 1.11. The summed E-state index contributed by atoms with van der Waals surface area (Å²) < 4.78 is 0. The van der Waals surface area contributed by atoms with Crippen LogP contribution >= 0.6 is 0 Å². The predicted octanol–water partition coefficient (Wildman–Crippen LogP) is 1.39. The monoisotopic (exact) mass is 190 g/mol. The van der Waals surface area contributed by atoms with E-state index in [0.29, 0.717) is 0 Å². The van der Waals surface area contributed by atoms with Crippen LogP contribution < -0.4 is 4.90 Å². The molecule has 75 valence electrons. The van der Waals surface area contributed by atoms with Crippen LogP contribution in [0.1, 0.15) is 6.92 Å². The molecule has 3 heteroatoms. The summed E-state index contributed by atoms with van der Waals surface area (Å²) in [5.41, 5.74) is 1.29. The summed E-state index contributed by atoms with van der Waals surface area (Å²) in [6.07, 6.45) is 3.71. The second-order valence-corrected chi connectivity index (χ2v) is 3.49. The van der Waals surface area contributed by atoms with Crippen molar-refractivity contribution in [2.75, 3.05) is 31.1 Å². The first kappa shape index (κ1) is 9.46. The molecule has 3 nitrogen and oxygen atoms in total. The molecule has 1 aromatic rings. The lowest BCUT2D eigenvalue weighted by Crippen LogP contribution is -2.44. The van der Waals surface area contributed by atoms with Gasteiger partial charge in [0, 0.05) is 50.8 Å². The normalized spacial score (nSPS) is 18.5. The Kier molecular flexibility index (Phi) is 2.99. The molecule has 1 aliphatic rings. The summed E-state index contributed by atoms with van der Waals surface area (Å²) in [4.78, 5) is 8.79. The molecule has 14 heavy (non-hydrogen) atoms. The zero-order chi connectivity index (χ0) is 9.80. The van der Waals surface area contributed by atoms with Gasteiger partial charge in [-0.25, -0.2) is 0 Å². The molecular weight excluding hydrogens is 174 g/mol. The molecule has 0 amide bonds. The van der Waals surface area contributed by atoms with E-state index in [1.807, 2.05) is 12.4 Å². The highest BCUT2D eigenvalue weighted by molar-refractivity contribution is 5.44. The second kappa shape index (κ2) is 4.42. The highest BCUT2D eigenvalue weighted by atomic mass is 15.3. The Morgan fingerprint density at radius 2 is 1.79 bits per heavy atom. The third-order valence-electron chi connectivity index (χ3n) is 2.71. The van der Waals surface area contributed by atoms with E-state index in [1.54, 1.807) is 0 Å². The Balaban J connectivity index is 1.96. The first-order valence-corrected chi connectivity index (χ1v) is 5.08. The lowest BCUT2D eigenvalue weighted by molar-refractivity contribution is 0.315. The summed E-state index contributed by atoms with van der Waals surface area (Å²) in [5.74, 6) is 0. The van der Waals surface area contributed by atoms with Gasteiger partial charge in [-0.2, -0.15) is 0 Å². The molecule has 1 aromatic heterocycles. The van der Waals surface area contributed by atoms with Gasteiger partial charge in [-0.05, 0) is 19.1 Å². The maximum Gasteiger partial charge on any atom is 0.0397 e. The largest absolute Gasteiger partial charge is 0.369 e. The molecule has 1 saturated heterocycles. The van der Waals surface area contributed by atoms with Crippen LogP contribution in [-0.4, -0.2) is 36.1 Å². The standard InChI is InChI=1S/C11H16N3/c1-2-13-7-9-14(10-8-13)11-3-5-12-6-4-11/h2-6H,7-10H2,1H3. The van der Waals surface area contributed by atoms with Crippen molar-refractivity contribution in [3.05, 3.63) is 31.1 Å². The second-order valence-electron chi connectivity index (χ2n) is 3.49. The van der Waals surface area contributed by atoms with Crippen molar-refractivity contribution in [2.45, 2.75) is 6.92 Å². The van der Waals surface area contributed by atoms with E-state index in [-0.39, 0.29) is 0 Å². The van der Waals surface area contributed by atoms with Gasteiger partial charge in [0.1, 0.15) is 0 Å². The van der Waals surface area contributed by atoms with E-state index in [4.69, 9.17) is 0 Å². The SMILES string of the molecule is C[CH]N1CCN(c2ccncc2)CC1. The number of hydrogen-bond donors (Lipinski definition) is 0. The number of hydrogen-bond acceptors (Lipinski definition) is 3. The van der Waals surface area contributed by atoms with Gasteiger partial charge >= 0.3 is 0 Å². The molecule has 2 heterocycles. The van der Waals surface area contributed by atoms with Crippen LogP contribution in [0.4, 0.5) is 5.69 Å². The van der Waals surface area contributed by atoms with Crippen molar-refractivity contribution in [1.82, 2.24) is 9.88 Å². The lowest BCUT2D eigenvalue weighted by atomic mass is 10.2. The number of piperazine rings is 1. The van der Waals surface area contributed by atoms with Crippen LogP contribution in [0.5, 0.6) is 0 Å². The molecule has 0 spiro atoms. The van der Waals surface area contributed by atoms with Crippen LogP contribution in [0.3, 0.4) is 0 Å². The summed E-state index contributed by atoms with van der Waals surface area (Å²) in [5, 5.41) is 0. The average molecular weight is 190 g/mol. The zero-order valence-corrected chi connectivity index (χ0v) is 8.56. The first-order chi connectivity index (χ1) is 6.90. The molecule has 0 aliphatic carbocycles. The van der Waals surface area contributed by atoms with Gasteiger partial charge in [-0.15, -0.1) is 0 Å². The van der Waals surface area contributed by atoms with Crippen LogP contribution in [0, 0.1) is 6.54 Å². The van der Waals surface area contributed by atoms with Gasteiger partial charge in [0.2, 0.25) is 0 Å². The highest BCUT2D eigenvalue weighted by Crippen LogP contribution is 2.14. The maximum absolute atomic E-state index is 4.03. The number of pyridine rings is 1. The fourth-order valence-corrected chi connectivity index (χ4v) is 1.79. The summed E-state index contributed by atoms with van der Waals surface area (Å²) in [6, 6.07) is 4.15. The molecule has 1 fully saturated rings. The number of rotatable bonds is 2. The van der Waals surface area contributed by atoms with E-state index in [1.165, 1.54) is 5.69 Å². The first-order valence-electron chi connectivity index (χ1n) is 5.08. The van der Waals surface area contributed by atoms with Crippen molar-refractivity contribution in [1.29, 1.82) is 0 Å².